The fourth-order valence-electron chi connectivity index (χ4n) is 1.08. The molecule has 0 aliphatic heterocycles. The third-order valence-electron chi connectivity index (χ3n) is 1.79. The summed E-state index contributed by atoms with van der Waals surface area (Å²) in [6, 6.07) is 0. The minimum atomic E-state index is -0.795. The first kappa shape index (κ1) is 12.4. The van der Waals surface area contributed by atoms with E-state index in [2.05, 4.69) is 13.8 Å². The van der Waals surface area contributed by atoms with Crippen molar-refractivity contribution in [2.45, 2.75) is 46.1 Å². The molecule has 0 aliphatic rings. The Kier molecular flexibility index (Phi) is 6.59. The maximum Gasteiger partial charge on any atom is 0.305 e. The van der Waals surface area contributed by atoms with Crippen molar-refractivity contribution in [1.82, 2.24) is 0 Å². The van der Waals surface area contributed by atoms with Crippen molar-refractivity contribution < 1.29 is 14.6 Å². The van der Waals surface area contributed by atoms with E-state index in [4.69, 9.17) is 9.84 Å². The smallest absolute Gasteiger partial charge is 0.305 e. The summed E-state index contributed by atoms with van der Waals surface area (Å²) in [6.45, 7) is 6.80. The SMILES string of the molecule is CC(C)CCCOC(C)CC(=O)O. The second kappa shape index (κ2) is 6.89. The van der Waals surface area contributed by atoms with Crippen molar-refractivity contribution in [3.8, 4) is 0 Å². The lowest BCUT2D eigenvalue weighted by Gasteiger charge is -2.11. The topological polar surface area (TPSA) is 46.5 Å². The molecular weight excluding hydrogens is 168 g/mol. The second-order valence-corrected chi connectivity index (χ2v) is 3.82. The first-order valence-corrected chi connectivity index (χ1v) is 4.85. The lowest BCUT2D eigenvalue weighted by atomic mass is 10.1. The van der Waals surface area contributed by atoms with Crippen LogP contribution in [0.2, 0.25) is 0 Å². The number of hydrogen-bond donors (Lipinski definition) is 1. The van der Waals surface area contributed by atoms with Crippen LogP contribution < -0.4 is 0 Å². The van der Waals surface area contributed by atoms with Crippen LogP contribution in [-0.4, -0.2) is 23.8 Å². The lowest BCUT2D eigenvalue weighted by molar-refractivity contribution is -0.139. The predicted octanol–water partition coefficient (Wildman–Crippen LogP) is 2.30. The van der Waals surface area contributed by atoms with Crippen molar-refractivity contribution in [1.29, 1.82) is 0 Å². The van der Waals surface area contributed by atoms with Crippen molar-refractivity contribution in [2.75, 3.05) is 6.61 Å². The van der Waals surface area contributed by atoms with Gasteiger partial charge in [0.1, 0.15) is 0 Å². The van der Waals surface area contributed by atoms with Crippen molar-refractivity contribution in [2.24, 2.45) is 5.92 Å². The molecule has 0 saturated carbocycles. The monoisotopic (exact) mass is 188 g/mol. The van der Waals surface area contributed by atoms with Gasteiger partial charge >= 0.3 is 5.97 Å². The lowest BCUT2D eigenvalue weighted by Crippen LogP contribution is -2.14. The summed E-state index contributed by atoms with van der Waals surface area (Å²) in [5.74, 6) is -0.102. The van der Waals surface area contributed by atoms with Crippen LogP contribution in [0.4, 0.5) is 0 Å². The Hall–Kier alpha value is -0.570. The number of ether oxygens (including phenoxy) is 1. The highest BCUT2D eigenvalue weighted by molar-refractivity contribution is 5.67. The van der Waals surface area contributed by atoms with Crippen molar-refractivity contribution in [3.63, 3.8) is 0 Å². The number of hydrogen-bond acceptors (Lipinski definition) is 2. The number of carboxylic acids is 1. The van der Waals surface area contributed by atoms with Crippen LogP contribution in [0, 0.1) is 5.92 Å². The summed E-state index contributed by atoms with van der Waals surface area (Å²) in [5.41, 5.74) is 0. The third-order valence-corrected chi connectivity index (χ3v) is 1.79. The molecule has 1 N–H and O–H groups in total. The van der Waals surface area contributed by atoms with Crippen LogP contribution in [0.1, 0.15) is 40.0 Å². The van der Waals surface area contributed by atoms with Gasteiger partial charge in [-0.05, 0) is 25.7 Å². The van der Waals surface area contributed by atoms with E-state index in [0.717, 1.165) is 12.8 Å². The molecular formula is C10H20O3. The fraction of sp³-hybridized carbons (Fsp3) is 0.900. The average Bonchev–Trinajstić information content (AvgIpc) is 1.96. The number of aliphatic carboxylic acids is 1. The van der Waals surface area contributed by atoms with E-state index in [0.29, 0.717) is 12.5 Å². The number of carbonyl (C=O) groups is 1. The van der Waals surface area contributed by atoms with E-state index < -0.39 is 5.97 Å². The molecule has 0 radical (unpaired) electrons. The van der Waals surface area contributed by atoms with E-state index in [1.807, 2.05) is 0 Å². The highest BCUT2D eigenvalue weighted by Gasteiger charge is 2.06. The van der Waals surface area contributed by atoms with Gasteiger partial charge in [-0.25, -0.2) is 0 Å². The molecule has 3 nitrogen and oxygen atoms in total. The van der Waals surface area contributed by atoms with E-state index in [9.17, 15) is 4.79 Å². The Bertz CT molecular complexity index is 143. The van der Waals surface area contributed by atoms with Gasteiger partial charge in [-0.3, -0.25) is 4.79 Å². The molecule has 0 rings (SSSR count). The molecule has 0 spiro atoms. The van der Waals surface area contributed by atoms with Crippen molar-refractivity contribution in [3.05, 3.63) is 0 Å². The van der Waals surface area contributed by atoms with E-state index in [1.54, 1.807) is 6.92 Å². The standard InChI is InChI=1S/C10H20O3/c1-8(2)5-4-6-13-9(3)7-10(11)12/h8-9H,4-7H2,1-3H3,(H,11,12). The normalized spacial score (nSPS) is 13.2. The molecule has 13 heavy (non-hydrogen) atoms. The minimum absolute atomic E-state index is 0.0989. The van der Waals surface area contributed by atoms with Gasteiger partial charge < -0.3 is 9.84 Å². The Balaban J connectivity index is 3.26. The van der Waals surface area contributed by atoms with E-state index in [1.165, 1.54) is 0 Å². The maximum atomic E-state index is 10.3. The molecule has 0 fully saturated rings. The van der Waals surface area contributed by atoms with Gasteiger partial charge in [-0.2, -0.15) is 0 Å². The summed E-state index contributed by atoms with van der Waals surface area (Å²) in [5, 5.41) is 8.45. The summed E-state index contributed by atoms with van der Waals surface area (Å²) in [6.07, 6.45) is 2.09. The van der Waals surface area contributed by atoms with Gasteiger partial charge in [0.15, 0.2) is 0 Å². The Labute approximate surface area is 80.1 Å². The molecule has 0 aromatic heterocycles. The van der Waals surface area contributed by atoms with Gasteiger partial charge in [-0.1, -0.05) is 13.8 Å². The molecule has 1 unspecified atom stereocenters. The van der Waals surface area contributed by atoms with Crippen LogP contribution in [0.25, 0.3) is 0 Å². The summed E-state index contributed by atoms with van der Waals surface area (Å²) >= 11 is 0. The number of carboxylic acid groups (broad SMARTS) is 1. The van der Waals surface area contributed by atoms with Crippen molar-refractivity contribution >= 4 is 5.97 Å². The highest BCUT2D eigenvalue weighted by atomic mass is 16.5. The first-order chi connectivity index (χ1) is 6.02. The van der Waals surface area contributed by atoms with Crippen LogP contribution in [-0.2, 0) is 9.53 Å². The maximum absolute atomic E-state index is 10.3. The first-order valence-electron chi connectivity index (χ1n) is 4.85. The van der Waals surface area contributed by atoms with Gasteiger partial charge in [0, 0.05) is 6.61 Å². The molecule has 0 heterocycles. The van der Waals surface area contributed by atoms with E-state index in [-0.39, 0.29) is 12.5 Å². The molecule has 0 aromatic rings. The zero-order valence-corrected chi connectivity index (χ0v) is 8.75. The Morgan fingerprint density at radius 2 is 2.00 bits per heavy atom. The van der Waals surface area contributed by atoms with Gasteiger partial charge in [0.05, 0.1) is 12.5 Å². The summed E-state index contributed by atoms with van der Waals surface area (Å²) in [7, 11) is 0. The summed E-state index contributed by atoms with van der Waals surface area (Å²) < 4.78 is 5.32. The minimum Gasteiger partial charge on any atom is -0.481 e. The molecule has 0 bridgehead atoms. The Morgan fingerprint density at radius 3 is 2.46 bits per heavy atom. The van der Waals surface area contributed by atoms with Crippen LogP contribution in [0.5, 0.6) is 0 Å². The van der Waals surface area contributed by atoms with Crippen LogP contribution in [0.15, 0.2) is 0 Å². The van der Waals surface area contributed by atoms with Crippen LogP contribution in [0.3, 0.4) is 0 Å². The zero-order chi connectivity index (χ0) is 10.3. The third kappa shape index (κ3) is 9.34. The van der Waals surface area contributed by atoms with Crippen LogP contribution >= 0.6 is 0 Å². The molecule has 1 atom stereocenters. The fourth-order valence-corrected chi connectivity index (χ4v) is 1.08. The molecule has 0 saturated heterocycles. The largest absolute Gasteiger partial charge is 0.481 e. The predicted molar refractivity (Wildman–Crippen MR) is 51.7 cm³/mol. The molecule has 3 heteroatoms. The Morgan fingerprint density at radius 1 is 1.38 bits per heavy atom. The van der Waals surface area contributed by atoms with E-state index >= 15 is 0 Å². The summed E-state index contributed by atoms with van der Waals surface area (Å²) in [4.78, 5) is 10.3. The molecule has 0 aliphatic carbocycles. The number of rotatable bonds is 7. The van der Waals surface area contributed by atoms with Gasteiger partial charge in [-0.15, -0.1) is 0 Å². The van der Waals surface area contributed by atoms with Gasteiger partial charge in [0.2, 0.25) is 0 Å². The quantitative estimate of drug-likeness (QED) is 0.623. The second-order valence-electron chi connectivity index (χ2n) is 3.82. The highest BCUT2D eigenvalue weighted by Crippen LogP contribution is 2.05. The molecule has 0 amide bonds. The molecule has 0 aromatic carbocycles. The molecule has 78 valence electrons. The zero-order valence-electron chi connectivity index (χ0n) is 8.75. The van der Waals surface area contributed by atoms with Gasteiger partial charge in [0.25, 0.3) is 0 Å². The average molecular weight is 188 g/mol.